The highest BCUT2D eigenvalue weighted by Gasteiger charge is 2.01. The number of anilines is 1. The third-order valence-corrected chi connectivity index (χ3v) is 3.17. The molecule has 0 aliphatic rings. The Hall–Kier alpha value is -2.55. The van der Waals surface area contributed by atoms with Crippen LogP contribution in [0, 0.1) is 0 Å². The van der Waals surface area contributed by atoms with Crippen LogP contribution in [0.15, 0.2) is 54.6 Å². The Labute approximate surface area is 124 Å². The SMILES string of the molecule is CC(C)c1ccc(NC(=O)/C=C/c2ccc(O)cc2)cc1. The summed E-state index contributed by atoms with van der Waals surface area (Å²) in [4.78, 5) is 11.8. The zero-order valence-electron chi connectivity index (χ0n) is 12.2. The molecule has 0 bridgehead atoms. The number of nitrogens with one attached hydrogen (secondary N) is 1. The van der Waals surface area contributed by atoms with E-state index in [4.69, 9.17) is 0 Å². The maximum Gasteiger partial charge on any atom is 0.248 e. The van der Waals surface area contributed by atoms with Gasteiger partial charge in [-0.1, -0.05) is 38.1 Å². The van der Waals surface area contributed by atoms with Crippen molar-refractivity contribution in [2.75, 3.05) is 5.32 Å². The van der Waals surface area contributed by atoms with E-state index in [1.54, 1.807) is 30.3 Å². The highest BCUT2D eigenvalue weighted by Crippen LogP contribution is 2.17. The Kier molecular flexibility index (Phi) is 4.77. The van der Waals surface area contributed by atoms with Crippen LogP contribution in [-0.4, -0.2) is 11.0 Å². The van der Waals surface area contributed by atoms with Gasteiger partial charge in [0.1, 0.15) is 5.75 Å². The minimum absolute atomic E-state index is 0.180. The van der Waals surface area contributed by atoms with E-state index in [1.165, 1.54) is 11.6 Å². The molecule has 0 aromatic heterocycles. The monoisotopic (exact) mass is 281 g/mol. The van der Waals surface area contributed by atoms with E-state index in [9.17, 15) is 9.90 Å². The van der Waals surface area contributed by atoms with Gasteiger partial charge in [-0.05, 0) is 47.4 Å². The minimum Gasteiger partial charge on any atom is -0.508 e. The second-order valence-electron chi connectivity index (χ2n) is 5.19. The number of carbonyl (C=O) groups excluding carboxylic acids is 1. The van der Waals surface area contributed by atoms with Crippen molar-refractivity contribution >= 4 is 17.7 Å². The number of benzene rings is 2. The van der Waals surface area contributed by atoms with Crippen LogP contribution in [0.25, 0.3) is 6.08 Å². The first-order valence-corrected chi connectivity index (χ1v) is 6.92. The zero-order chi connectivity index (χ0) is 15.2. The molecule has 0 aliphatic carbocycles. The summed E-state index contributed by atoms with van der Waals surface area (Å²) >= 11 is 0. The molecule has 0 aliphatic heterocycles. The van der Waals surface area contributed by atoms with Crippen LogP contribution < -0.4 is 5.32 Å². The molecule has 1 amide bonds. The molecule has 3 nitrogen and oxygen atoms in total. The number of phenolic OH excluding ortho intramolecular Hbond substituents is 1. The summed E-state index contributed by atoms with van der Waals surface area (Å²) in [5, 5.41) is 12.0. The molecule has 0 fully saturated rings. The van der Waals surface area contributed by atoms with E-state index < -0.39 is 0 Å². The molecule has 108 valence electrons. The van der Waals surface area contributed by atoms with Crippen LogP contribution in [0.5, 0.6) is 5.75 Å². The third-order valence-electron chi connectivity index (χ3n) is 3.17. The number of carbonyl (C=O) groups is 1. The van der Waals surface area contributed by atoms with Crippen LogP contribution in [0.4, 0.5) is 5.69 Å². The van der Waals surface area contributed by atoms with Gasteiger partial charge in [-0.3, -0.25) is 4.79 Å². The first-order valence-electron chi connectivity index (χ1n) is 6.92. The molecule has 0 unspecified atom stereocenters. The number of rotatable bonds is 4. The fraction of sp³-hybridized carbons (Fsp3) is 0.167. The number of phenols is 1. The highest BCUT2D eigenvalue weighted by atomic mass is 16.3. The minimum atomic E-state index is -0.180. The van der Waals surface area contributed by atoms with Gasteiger partial charge >= 0.3 is 0 Å². The van der Waals surface area contributed by atoms with Gasteiger partial charge in [-0.25, -0.2) is 0 Å². The third kappa shape index (κ3) is 4.49. The second kappa shape index (κ2) is 6.75. The molecule has 0 saturated heterocycles. The lowest BCUT2D eigenvalue weighted by molar-refractivity contribution is -0.111. The van der Waals surface area contributed by atoms with Crippen molar-refractivity contribution in [2.45, 2.75) is 19.8 Å². The average molecular weight is 281 g/mol. The Bertz CT molecular complexity index is 625. The van der Waals surface area contributed by atoms with Gasteiger partial charge < -0.3 is 10.4 Å². The van der Waals surface area contributed by atoms with E-state index in [0.717, 1.165) is 11.3 Å². The summed E-state index contributed by atoms with van der Waals surface area (Å²) < 4.78 is 0. The van der Waals surface area contributed by atoms with E-state index >= 15 is 0 Å². The van der Waals surface area contributed by atoms with Gasteiger partial charge in [0, 0.05) is 11.8 Å². The Morgan fingerprint density at radius 3 is 2.24 bits per heavy atom. The Morgan fingerprint density at radius 2 is 1.67 bits per heavy atom. The van der Waals surface area contributed by atoms with Gasteiger partial charge in [-0.2, -0.15) is 0 Å². The quantitative estimate of drug-likeness (QED) is 0.826. The molecule has 2 aromatic rings. The number of hydrogen-bond donors (Lipinski definition) is 2. The zero-order valence-corrected chi connectivity index (χ0v) is 12.2. The molecule has 21 heavy (non-hydrogen) atoms. The Balaban J connectivity index is 1.96. The number of amides is 1. The average Bonchev–Trinajstić information content (AvgIpc) is 2.47. The van der Waals surface area contributed by atoms with Crippen LogP contribution in [0.3, 0.4) is 0 Å². The molecular weight excluding hydrogens is 262 g/mol. The van der Waals surface area contributed by atoms with E-state index in [1.807, 2.05) is 24.3 Å². The summed E-state index contributed by atoms with van der Waals surface area (Å²) in [5.41, 5.74) is 2.88. The maximum absolute atomic E-state index is 11.8. The van der Waals surface area contributed by atoms with Gasteiger partial charge in [0.15, 0.2) is 0 Å². The van der Waals surface area contributed by atoms with E-state index in [0.29, 0.717) is 5.92 Å². The van der Waals surface area contributed by atoms with Gasteiger partial charge in [0.25, 0.3) is 0 Å². The van der Waals surface area contributed by atoms with E-state index in [-0.39, 0.29) is 11.7 Å². The van der Waals surface area contributed by atoms with Gasteiger partial charge in [-0.15, -0.1) is 0 Å². The van der Waals surface area contributed by atoms with Crippen molar-refractivity contribution < 1.29 is 9.90 Å². The van der Waals surface area contributed by atoms with Crippen molar-refractivity contribution in [2.24, 2.45) is 0 Å². The summed E-state index contributed by atoms with van der Waals surface area (Å²) in [6, 6.07) is 14.5. The van der Waals surface area contributed by atoms with Crippen LogP contribution in [0.2, 0.25) is 0 Å². The first kappa shape index (κ1) is 14.9. The first-order chi connectivity index (χ1) is 10.0. The molecule has 2 N–H and O–H groups in total. The topological polar surface area (TPSA) is 49.3 Å². The summed E-state index contributed by atoms with van der Waals surface area (Å²) in [7, 11) is 0. The number of hydrogen-bond acceptors (Lipinski definition) is 2. The molecule has 3 heteroatoms. The molecule has 0 radical (unpaired) electrons. The molecule has 2 aromatic carbocycles. The summed E-state index contributed by atoms with van der Waals surface area (Å²) in [5.74, 6) is 0.506. The number of aromatic hydroxyl groups is 1. The van der Waals surface area contributed by atoms with Crippen LogP contribution in [-0.2, 0) is 4.79 Å². The lowest BCUT2D eigenvalue weighted by Gasteiger charge is -2.07. The van der Waals surface area contributed by atoms with Crippen molar-refractivity contribution in [3.8, 4) is 5.75 Å². The van der Waals surface area contributed by atoms with E-state index in [2.05, 4.69) is 19.2 Å². The van der Waals surface area contributed by atoms with Crippen LogP contribution >= 0.6 is 0 Å². The summed E-state index contributed by atoms with van der Waals surface area (Å²) in [6.07, 6.45) is 3.18. The largest absolute Gasteiger partial charge is 0.508 e. The van der Waals surface area contributed by atoms with Gasteiger partial charge in [0.05, 0.1) is 0 Å². The van der Waals surface area contributed by atoms with Crippen molar-refractivity contribution in [1.29, 1.82) is 0 Å². The molecular formula is C18H19NO2. The standard InChI is InChI=1S/C18H19NO2/c1-13(2)15-6-8-16(9-7-15)19-18(21)12-5-14-3-10-17(20)11-4-14/h3-13,20H,1-2H3,(H,19,21)/b12-5+. The molecule has 0 saturated carbocycles. The predicted molar refractivity (Wildman–Crippen MR) is 86.3 cm³/mol. The molecule has 0 heterocycles. The lowest BCUT2D eigenvalue weighted by Crippen LogP contribution is -2.07. The van der Waals surface area contributed by atoms with Crippen molar-refractivity contribution in [1.82, 2.24) is 0 Å². The predicted octanol–water partition coefficient (Wildman–Crippen LogP) is 4.17. The molecule has 2 rings (SSSR count). The molecule has 0 spiro atoms. The Morgan fingerprint density at radius 1 is 1.05 bits per heavy atom. The molecule has 0 atom stereocenters. The lowest BCUT2D eigenvalue weighted by atomic mass is 10.0. The normalized spacial score (nSPS) is 11.0. The fourth-order valence-corrected chi connectivity index (χ4v) is 1.89. The van der Waals surface area contributed by atoms with Gasteiger partial charge in [0.2, 0.25) is 5.91 Å². The van der Waals surface area contributed by atoms with Crippen LogP contribution in [0.1, 0.15) is 30.9 Å². The van der Waals surface area contributed by atoms with Crippen molar-refractivity contribution in [3.05, 3.63) is 65.7 Å². The second-order valence-corrected chi connectivity index (χ2v) is 5.19. The fourth-order valence-electron chi connectivity index (χ4n) is 1.89. The van der Waals surface area contributed by atoms with Crippen molar-refractivity contribution in [3.63, 3.8) is 0 Å². The maximum atomic E-state index is 11.8. The summed E-state index contributed by atoms with van der Waals surface area (Å²) in [6.45, 7) is 4.27. The smallest absolute Gasteiger partial charge is 0.248 e. The highest BCUT2D eigenvalue weighted by molar-refractivity contribution is 6.01.